The number of benzene rings is 1. The van der Waals surface area contributed by atoms with Crippen LogP contribution in [0, 0.1) is 0 Å². The molecule has 0 bridgehead atoms. The maximum absolute atomic E-state index is 12.2. The van der Waals surface area contributed by atoms with Crippen molar-refractivity contribution < 1.29 is 9.53 Å². The molecule has 0 saturated carbocycles. The van der Waals surface area contributed by atoms with Crippen LogP contribution < -0.4 is 4.74 Å². The normalized spacial score (nSPS) is 16.8. The second kappa shape index (κ2) is 4.78. The van der Waals surface area contributed by atoms with Gasteiger partial charge in [0.15, 0.2) is 5.78 Å². The number of carbonyl (C=O) groups excluding carboxylic acids is 1. The maximum Gasteiger partial charge on any atom is 0.166 e. The molecule has 1 heterocycles. The van der Waals surface area contributed by atoms with Gasteiger partial charge in [0, 0.05) is 11.8 Å². The Balaban J connectivity index is 1.85. The molecule has 0 amide bonds. The number of carbonyl (C=O) groups is 1. The van der Waals surface area contributed by atoms with E-state index in [1.54, 1.807) is 0 Å². The van der Waals surface area contributed by atoms with Gasteiger partial charge < -0.3 is 4.74 Å². The van der Waals surface area contributed by atoms with E-state index in [1.807, 2.05) is 30.3 Å². The Bertz CT molecular complexity index is 629. The summed E-state index contributed by atoms with van der Waals surface area (Å²) in [5.74, 6) is 0.957. The van der Waals surface area contributed by atoms with Crippen molar-refractivity contribution in [2.24, 2.45) is 0 Å². The number of Topliss-reactive ketones (excluding diaryl/α,β-unsaturated/α-hetero) is 1. The average molecular weight is 270 g/mol. The largest absolute Gasteiger partial charge is 0.487 e. The van der Waals surface area contributed by atoms with Crippen LogP contribution in [-0.2, 0) is 12.0 Å². The summed E-state index contributed by atoms with van der Waals surface area (Å²) in [6, 6.07) is 9.58. The number of hydrogen-bond donors (Lipinski definition) is 1. The number of aromatic amines is 1. The van der Waals surface area contributed by atoms with Crippen LogP contribution in [0.15, 0.2) is 30.3 Å². The number of hydrogen-bond acceptors (Lipinski definition) is 3. The molecule has 104 valence electrons. The van der Waals surface area contributed by atoms with E-state index in [-0.39, 0.29) is 11.2 Å². The number of aromatic nitrogens is 2. The van der Waals surface area contributed by atoms with E-state index >= 15 is 0 Å². The SMILES string of the molecule is CC1(C)CCC(=O)c2c1n[nH]c2COc1ccccc1. The van der Waals surface area contributed by atoms with Crippen LogP contribution in [0.4, 0.5) is 0 Å². The first-order valence-electron chi connectivity index (χ1n) is 6.87. The van der Waals surface area contributed by atoms with Gasteiger partial charge in [-0.15, -0.1) is 0 Å². The number of ether oxygens (including phenoxy) is 1. The van der Waals surface area contributed by atoms with Gasteiger partial charge in [0.1, 0.15) is 12.4 Å². The number of H-pyrrole nitrogens is 1. The van der Waals surface area contributed by atoms with Crippen molar-refractivity contribution in [2.45, 2.75) is 38.7 Å². The fourth-order valence-corrected chi connectivity index (χ4v) is 2.61. The first kappa shape index (κ1) is 12.9. The number of rotatable bonds is 3. The zero-order valence-electron chi connectivity index (χ0n) is 11.8. The Morgan fingerprint density at radius 1 is 1.30 bits per heavy atom. The van der Waals surface area contributed by atoms with Crippen molar-refractivity contribution in [2.75, 3.05) is 0 Å². The minimum absolute atomic E-state index is 0.0509. The Morgan fingerprint density at radius 3 is 2.80 bits per heavy atom. The van der Waals surface area contributed by atoms with Gasteiger partial charge in [-0.05, 0) is 18.6 Å². The molecular formula is C16H18N2O2. The molecule has 1 aliphatic carbocycles. The summed E-state index contributed by atoms with van der Waals surface area (Å²) in [7, 11) is 0. The van der Waals surface area contributed by atoms with Crippen LogP contribution >= 0.6 is 0 Å². The third kappa shape index (κ3) is 2.22. The van der Waals surface area contributed by atoms with Crippen LogP contribution in [-0.4, -0.2) is 16.0 Å². The van der Waals surface area contributed by atoms with E-state index in [4.69, 9.17) is 4.74 Å². The molecule has 2 aromatic rings. The Kier molecular flexibility index (Phi) is 3.08. The molecule has 3 rings (SSSR count). The molecule has 0 unspecified atom stereocenters. The highest BCUT2D eigenvalue weighted by molar-refractivity contribution is 5.99. The smallest absolute Gasteiger partial charge is 0.166 e. The molecule has 0 radical (unpaired) electrons. The third-order valence-corrected chi connectivity index (χ3v) is 3.86. The van der Waals surface area contributed by atoms with Crippen molar-refractivity contribution in [3.8, 4) is 5.75 Å². The second-order valence-corrected chi connectivity index (χ2v) is 5.83. The lowest BCUT2D eigenvalue weighted by Gasteiger charge is -2.27. The van der Waals surface area contributed by atoms with Crippen molar-refractivity contribution in [1.82, 2.24) is 10.2 Å². The lowest BCUT2D eigenvalue weighted by atomic mass is 9.75. The molecule has 4 heteroatoms. The minimum Gasteiger partial charge on any atom is -0.487 e. The minimum atomic E-state index is -0.0509. The van der Waals surface area contributed by atoms with Gasteiger partial charge in [0.25, 0.3) is 0 Å². The zero-order valence-corrected chi connectivity index (χ0v) is 11.8. The van der Waals surface area contributed by atoms with Crippen LogP contribution in [0.5, 0.6) is 5.75 Å². The number of nitrogens with zero attached hydrogens (tertiary/aromatic N) is 1. The predicted molar refractivity (Wildman–Crippen MR) is 76.0 cm³/mol. The summed E-state index contributed by atoms with van der Waals surface area (Å²) in [5, 5.41) is 7.32. The molecule has 0 spiro atoms. The first-order chi connectivity index (χ1) is 9.58. The average Bonchev–Trinajstić information content (AvgIpc) is 2.88. The number of nitrogens with one attached hydrogen (secondary N) is 1. The standard InChI is InChI=1S/C16H18N2O2/c1-16(2)9-8-13(19)14-12(17-18-15(14)16)10-20-11-6-4-3-5-7-11/h3-7H,8-10H2,1-2H3,(H,17,18). The lowest BCUT2D eigenvalue weighted by Crippen LogP contribution is -2.27. The highest BCUT2D eigenvalue weighted by Gasteiger charge is 2.36. The van der Waals surface area contributed by atoms with E-state index in [0.29, 0.717) is 13.0 Å². The molecule has 1 aromatic carbocycles. The van der Waals surface area contributed by atoms with Crippen LogP contribution in [0.1, 0.15) is 48.4 Å². The Hall–Kier alpha value is -2.10. The molecule has 0 saturated heterocycles. The fraction of sp³-hybridized carbons (Fsp3) is 0.375. The zero-order chi connectivity index (χ0) is 14.2. The highest BCUT2D eigenvalue weighted by Crippen LogP contribution is 2.36. The molecule has 1 aliphatic rings. The summed E-state index contributed by atoms with van der Waals surface area (Å²) in [6.07, 6.45) is 1.43. The van der Waals surface area contributed by atoms with Gasteiger partial charge in [-0.1, -0.05) is 32.0 Å². The van der Waals surface area contributed by atoms with E-state index < -0.39 is 0 Å². The summed E-state index contributed by atoms with van der Waals surface area (Å²) >= 11 is 0. The molecular weight excluding hydrogens is 252 g/mol. The van der Waals surface area contributed by atoms with Gasteiger partial charge in [-0.2, -0.15) is 5.10 Å². The molecule has 1 aromatic heterocycles. The van der Waals surface area contributed by atoms with Crippen molar-refractivity contribution in [3.05, 3.63) is 47.3 Å². The van der Waals surface area contributed by atoms with E-state index in [1.165, 1.54) is 0 Å². The molecule has 4 nitrogen and oxygen atoms in total. The molecule has 20 heavy (non-hydrogen) atoms. The summed E-state index contributed by atoms with van der Waals surface area (Å²) in [4.78, 5) is 12.2. The van der Waals surface area contributed by atoms with Crippen LogP contribution in [0.2, 0.25) is 0 Å². The molecule has 0 atom stereocenters. The molecule has 0 fully saturated rings. The maximum atomic E-state index is 12.2. The Labute approximate surface area is 118 Å². The lowest BCUT2D eigenvalue weighted by molar-refractivity contribution is 0.0953. The highest BCUT2D eigenvalue weighted by atomic mass is 16.5. The number of para-hydroxylation sites is 1. The Morgan fingerprint density at radius 2 is 2.05 bits per heavy atom. The van der Waals surface area contributed by atoms with Gasteiger partial charge in [-0.25, -0.2) is 0 Å². The summed E-state index contributed by atoms with van der Waals surface area (Å²) < 4.78 is 5.71. The molecule has 1 N–H and O–H groups in total. The van der Waals surface area contributed by atoms with E-state index in [0.717, 1.165) is 29.1 Å². The van der Waals surface area contributed by atoms with E-state index in [2.05, 4.69) is 24.0 Å². The van der Waals surface area contributed by atoms with Gasteiger partial charge >= 0.3 is 0 Å². The van der Waals surface area contributed by atoms with Gasteiger partial charge in [0.05, 0.1) is 17.0 Å². The summed E-state index contributed by atoms with van der Waals surface area (Å²) in [6.45, 7) is 4.59. The van der Waals surface area contributed by atoms with Crippen molar-refractivity contribution in [1.29, 1.82) is 0 Å². The molecule has 0 aliphatic heterocycles. The van der Waals surface area contributed by atoms with Crippen LogP contribution in [0.25, 0.3) is 0 Å². The van der Waals surface area contributed by atoms with Crippen molar-refractivity contribution >= 4 is 5.78 Å². The monoisotopic (exact) mass is 270 g/mol. The van der Waals surface area contributed by atoms with Crippen LogP contribution in [0.3, 0.4) is 0 Å². The first-order valence-corrected chi connectivity index (χ1v) is 6.87. The van der Waals surface area contributed by atoms with Crippen molar-refractivity contribution in [3.63, 3.8) is 0 Å². The summed E-state index contributed by atoms with van der Waals surface area (Å²) in [5.41, 5.74) is 2.34. The van der Waals surface area contributed by atoms with Gasteiger partial charge in [0.2, 0.25) is 0 Å². The fourth-order valence-electron chi connectivity index (χ4n) is 2.61. The second-order valence-electron chi connectivity index (χ2n) is 5.83. The topological polar surface area (TPSA) is 55.0 Å². The predicted octanol–water partition coefficient (Wildman–Crippen LogP) is 3.24. The third-order valence-electron chi connectivity index (χ3n) is 3.86. The quantitative estimate of drug-likeness (QED) is 0.931. The number of fused-ring (bicyclic) bond motifs is 1. The van der Waals surface area contributed by atoms with Gasteiger partial charge in [-0.3, -0.25) is 9.89 Å². The van der Waals surface area contributed by atoms with E-state index in [9.17, 15) is 4.79 Å². The number of ketones is 1.